The van der Waals surface area contributed by atoms with Crippen LogP contribution in [0.25, 0.3) is 0 Å². The Bertz CT molecular complexity index is 237. The van der Waals surface area contributed by atoms with Gasteiger partial charge in [-0.2, -0.15) is 0 Å². The minimum Gasteiger partial charge on any atom is -0.469 e. The van der Waals surface area contributed by atoms with Crippen molar-refractivity contribution in [3.63, 3.8) is 0 Å². The van der Waals surface area contributed by atoms with E-state index in [1.54, 1.807) is 0 Å². The normalized spacial score (nSPS) is 36.2. The molecule has 2 nitrogen and oxygen atoms in total. The van der Waals surface area contributed by atoms with Gasteiger partial charge in [0.05, 0.1) is 13.0 Å². The summed E-state index contributed by atoms with van der Waals surface area (Å²) < 4.78 is 4.95. The van der Waals surface area contributed by atoms with Gasteiger partial charge in [-0.15, -0.1) is 0 Å². The fraction of sp³-hybridized carbons (Fsp3) is 0.933. The first kappa shape index (κ1) is 14.5. The van der Waals surface area contributed by atoms with Crippen molar-refractivity contribution in [3.8, 4) is 0 Å². The van der Waals surface area contributed by atoms with Gasteiger partial charge >= 0.3 is 5.97 Å². The highest BCUT2D eigenvalue weighted by molar-refractivity contribution is 5.72. The van der Waals surface area contributed by atoms with Crippen LogP contribution in [-0.4, -0.2) is 13.1 Å². The van der Waals surface area contributed by atoms with Gasteiger partial charge in [0, 0.05) is 0 Å². The molecule has 0 amide bonds. The van der Waals surface area contributed by atoms with Crippen LogP contribution in [0.2, 0.25) is 0 Å². The maximum Gasteiger partial charge on any atom is 0.308 e. The highest BCUT2D eigenvalue weighted by atomic mass is 16.5. The molecule has 2 fully saturated rings. The molecule has 0 heterocycles. The number of rotatable bonds is 1. The molecule has 2 heteroatoms. The molecule has 0 saturated heterocycles. The van der Waals surface area contributed by atoms with Crippen LogP contribution in [0.5, 0.6) is 0 Å². The first-order valence-corrected chi connectivity index (χ1v) is 7.30. The zero-order valence-corrected chi connectivity index (χ0v) is 11.9. The third-order valence-electron chi connectivity index (χ3n) is 4.56. The topological polar surface area (TPSA) is 26.3 Å². The number of fused-ring (bicyclic) bond motifs is 3. The second-order valence-electron chi connectivity index (χ2n) is 5.37. The average Bonchev–Trinajstić information content (AvgIpc) is 2.69. The summed E-state index contributed by atoms with van der Waals surface area (Å²) in [6.07, 6.45) is 7.57. The van der Waals surface area contributed by atoms with Gasteiger partial charge in [0.1, 0.15) is 0 Å². The summed E-state index contributed by atoms with van der Waals surface area (Å²) in [5.41, 5.74) is 0. The molecular weight excluding hydrogens is 212 g/mol. The van der Waals surface area contributed by atoms with E-state index in [0.29, 0.717) is 11.8 Å². The van der Waals surface area contributed by atoms with Crippen LogP contribution in [0.1, 0.15) is 59.3 Å². The van der Waals surface area contributed by atoms with E-state index in [-0.39, 0.29) is 11.9 Å². The Labute approximate surface area is 106 Å². The number of carbonyl (C=O) groups excluding carboxylic acids is 1. The van der Waals surface area contributed by atoms with Gasteiger partial charge in [0.2, 0.25) is 0 Å². The molecule has 2 aliphatic carbocycles. The minimum atomic E-state index is 0.0365. The van der Waals surface area contributed by atoms with Crippen molar-refractivity contribution < 1.29 is 9.53 Å². The SMILES string of the molecule is CC.COC(=O)C1CC(C)C2CCCC1CC2. The summed E-state index contributed by atoms with van der Waals surface area (Å²) in [5, 5.41) is 0. The second-order valence-corrected chi connectivity index (χ2v) is 5.37. The molecule has 0 spiro atoms. The molecule has 0 aliphatic heterocycles. The molecule has 0 aromatic rings. The average molecular weight is 240 g/mol. The van der Waals surface area contributed by atoms with Crippen LogP contribution in [-0.2, 0) is 9.53 Å². The molecule has 2 bridgehead atoms. The first-order chi connectivity index (χ1) is 8.22. The minimum absolute atomic E-state index is 0.0365. The van der Waals surface area contributed by atoms with E-state index in [1.165, 1.54) is 39.2 Å². The van der Waals surface area contributed by atoms with E-state index in [9.17, 15) is 4.79 Å². The number of hydrogen-bond acceptors (Lipinski definition) is 2. The van der Waals surface area contributed by atoms with E-state index in [1.807, 2.05) is 13.8 Å². The maximum atomic E-state index is 11.7. The summed E-state index contributed by atoms with van der Waals surface area (Å²) in [6, 6.07) is 0. The van der Waals surface area contributed by atoms with Gasteiger partial charge in [-0.1, -0.05) is 33.6 Å². The third kappa shape index (κ3) is 3.46. The van der Waals surface area contributed by atoms with E-state index in [4.69, 9.17) is 4.74 Å². The number of esters is 1. The summed E-state index contributed by atoms with van der Waals surface area (Å²) in [6.45, 7) is 6.31. The zero-order valence-electron chi connectivity index (χ0n) is 11.9. The zero-order chi connectivity index (χ0) is 12.8. The summed E-state index contributed by atoms with van der Waals surface area (Å²) in [5.74, 6) is 2.40. The van der Waals surface area contributed by atoms with E-state index < -0.39 is 0 Å². The lowest BCUT2D eigenvalue weighted by Crippen LogP contribution is -2.27. The molecule has 17 heavy (non-hydrogen) atoms. The monoisotopic (exact) mass is 240 g/mol. The van der Waals surface area contributed by atoms with Gasteiger partial charge in [-0.3, -0.25) is 4.79 Å². The van der Waals surface area contributed by atoms with Gasteiger partial charge in [0.25, 0.3) is 0 Å². The fourth-order valence-corrected chi connectivity index (χ4v) is 3.56. The van der Waals surface area contributed by atoms with Crippen molar-refractivity contribution in [2.45, 2.75) is 59.3 Å². The molecule has 0 aromatic heterocycles. The van der Waals surface area contributed by atoms with Crippen LogP contribution < -0.4 is 0 Å². The maximum absolute atomic E-state index is 11.7. The summed E-state index contributed by atoms with van der Waals surface area (Å²) >= 11 is 0. The Morgan fingerprint density at radius 2 is 1.65 bits per heavy atom. The molecule has 2 saturated carbocycles. The quantitative estimate of drug-likeness (QED) is 0.647. The highest BCUT2D eigenvalue weighted by Gasteiger charge is 2.37. The number of hydrogen-bond donors (Lipinski definition) is 0. The van der Waals surface area contributed by atoms with Crippen LogP contribution in [0.3, 0.4) is 0 Å². The Balaban J connectivity index is 0.000000686. The van der Waals surface area contributed by atoms with Crippen molar-refractivity contribution >= 4 is 5.97 Å². The lowest BCUT2D eigenvalue weighted by molar-refractivity contribution is -0.148. The third-order valence-corrected chi connectivity index (χ3v) is 4.56. The van der Waals surface area contributed by atoms with E-state index in [0.717, 1.165) is 12.3 Å². The predicted octanol–water partition coefficient (Wildman–Crippen LogP) is 4.04. The Morgan fingerprint density at radius 3 is 2.29 bits per heavy atom. The van der Waals surface area contributed by atoms with Crippen LogP contribution >= 0.6 is 0 Å². The summed E-state index contributed by atoms with van der Waals surface area (Å²) in [7, 11) is 1.53. The highest BCUT2D eigenvalue weighted by Crippen LogP contribution is 2.43. The smallest absolute Gasteiger partial charge is 0.308 e. The van der Waals surface area contributed by atoms with Crippen LogP contribution in [0, 0.1) is 23.7 Å². The first-order valence-electron chi connectivity index (χ1n) is 7.30. The summed E-state index contributed by atoms with van der Waals surface area (Å²) in [4.78, 5) is 11.7. The number of ether oxygens (including phenoxy) is 1. The van der Waals surface area contributed by atoms with Gasteiger partial charge in [-0.05, 0) is 43.4 Å². The molecule has 100 valence electrons. The van der Waals surface area contributed by atoms with Crippen molar-refractivity contribution in [1.29, 1.82) is 0 Å². The lowest BCUT2D eigenvalue weighted by atomic mass is 9.78. The molecule has 0 radical (unpaired) electrons. The van der Waals surface area contributed by atoms with Gasteiger partial charge < -0.3 is 4.74 Å². The molecule has 0 N–H and O–H groups in total. The standard InChI is InChI=1S/C13H22O2.C2H6/c1-9-8-12(13(14)15-2)11-5-3-4-10(9)6-7-11;1-2/h9-12H,3-8H2,1-2H3;1-2H3. The fourth-order valence-electron chi connectivity index (χ4n) is 3.56. The molecular formula is C15H28O2. The molecule has 2 aliphatic rings. The Hall–Kier alpha value is -0.530. The number of carbonyl (C=O) groups is 1. The van der Waals surface area contributed by atoms with E-state index >= 15 is 0 Å². The van der Waals surface area contributed by atoms with E-state index in [2.05, 4.69) is 6.92 Å². The molecule has 4 unspecified atom stereocenters. The van der Waals surface area contributed by atoms with Gasteiger partial charge in [-0.25, -0.2) is 0 Å². The largest absolute Gasteiger partial charge is 0.469 e. The predicted molar refractivity (Wildman–Crippen MR) is 70.7 cm³/mol. The Morgan fingerprint density at radius 1 is 1.06 bits per heavy atom. The van der Waals surface area contributed by atoms with Gasteiger partial charge in [0.15, 0.2) is 0 Å². The lowest BCUT2D eigenvalue weighted by Gasteiger charge is -2.27. The van der Waals surface area contributed by atoms with Crippen LogP contribution in [0.4, 0.5) is 0 Å². The molecule has 4 atom stereocenters. The van der Waals surface area contributed by atoms with Crippen molar-refractivity contribution in [1.82, 2.24) is 0 Å². The van der Waals surface area contributed by atoms with Crippen molar-refractivity contribution in [2.24, 2.45) is 23.7 Å². The number of methoxy groups -OCH3 is 1. The Kier molecular flexibility index (Phi) is 6.01. The molecule has 2 rings (SSSR count). The van der Waals surface area contributed by atoms with Crippen LogP contribution in [0.15, 0.2) is 0 Å². The second kappa shape index (κ2) is 7.03. The molecule has 0 aromatic carbocycles. The van der Waals surface area contributed by atoms with Crippen molar-refractivity contribution in [3.05, 3.63) is 0 Å². The van der Waals surface area contributed by atoms with Crippen molar-refractivity contribution in [2.75, 3.05) is 7.11 Å².